The second-order valence-corrected chi connectivity index (χ2v) is 16.4. The average molecular weight is 581 g/mol. The van der Waals surface area contributed by atoms with Crippen LogP contribution >= 0.6 is 11.8 Å². The Labute approximate surface area is 209 Å². The fourth-order valence-corrected chi connectivity index (χ4v) is 6.20. The summed E-state index contributed by atoms with van der Waals surface area (Å²) in [4.78, 5) is 46.0. The van der Waals surface area contributed by atoms with Gasteiger partial charge in [-0.2, -0.15) is 28.6 Å². The van der Waals surface area contributed by atoms with Gasteiger partial charge in [-0.1, -0.05) is 6.55 Å². The van der Waals surface area contributed by atoms with Crippen molar-refractivity contribution in [3.63, 3.8) is 0 Å². The van der Waals surface area contributed by atoms with Crippen molar-refractivity contribution in [1.29, 1.82) is 0 Å². The minimum absolute atomic E-state index is 0.0449. The second-order valence-electron chi connectivity index (χ2n) is 8.32. The smallest absolute Gasteiger partial charge is 0.315 e. The number of carbonyl (C=O) groups excluding carboxylic acids is 4. The van der Waals surface area contributed by atoms with Gasteiger partial charge in [0.05, 0.1) is 12.0 Å². The number of thioether (sulfide) groups is 1. The fraction of sp³-hybridized carbons (Fsp3) is 0.765. The van der Waals surface area contributed by atoms with Crippen molar-refractivity contribution in [2.75, 3.05) is 42.7 Å². The molecule has 0 saturated heterocycles. The molecule has 0 aromatic rings. The Hall–Kier alpha value is -1.57. The molecule has 1 unspecified atom stereocenters. The zero-order chi connectivity index (χ0) is 27.3. The van der Waals surface area contributed by atoms with E-state index in [0.717, 1.165) is 11.8 Å². The average Bonchev–Trinajstić information content (AvgIpc) is 2.73. The van der Waals surface area contributed by atoms with Crippen LogP contribution in [0.1, 0.15) is 13.3 Å². The number of ether oxygens (including phenoxy) is 1. The van der Waals surface area contributed by atoms with Gasteiger partial charge >= 0.3 is 12.0 Å². The quantitative estimate of drug-likeness (QED) is 0.0418. The van der Waals surface area contributed by atoms with Gasteiger partial charge in [-0.05, 0) is 19.4 Å². The summed E-state index contributed by atoms with van der Waals surface area (Å²) in [6.45, 7) is 2.63. The minimum atomic E-state index is -4.74. The molecule has 0 aromatic heterocycles. The van der Waals surface area contributed by atoms with Gasteiger partial charge in [0.2, 0.25) is 0 Å². The second kappa shape index (κ2) is 14.9. The van der Waals surface area contributed by atoms with Gasteiger partial charge in [-0.3, -0.25) is 13.9 Å². The van der Waals surface area contributed by atoms with Crippen LogP contribution in [0.4, 0.5) is 4.79 Å². The Morgan fingerprint density at radius 2 is 1.57 bits per heavy atom. The van der Waals surface area contributed by atoms with Crippen LogP contribution in [0.2, 0.25) is 12.6 Å². The number of aliphatic hydroxyl groups excluding tert-OH is 1. The molecule has 1 atom stereocenters. The molecule has 0 aromatic carbocycles. The van der Waals surface area contributed by atoms with Gasteiger partial charge in [0.25, 0.3) is 20.2 Å². The van der Waals surface area contributed by atoms with E-state index in [1.807, 2.05) is 0 Å². The van der Waals surface area contributed by atoms with E-state index < -0.39 is 69.9 Å². The molecule has 35 heavy (non-hydrogen) atoms. The molecule has 18 heteroatoms. The summed E-state index contributed by atoms with van der Waals surface area (Å²) in [6.07, 6.45) is -1.43. The van der Waals surface area contributed by atoms with Gasteiger partial charge in [-0.15, -0.1) is 0 Å². The van der Waals surface area contributed by atoms with Crippen LogP contribution < -0.4 is 10.6 Å². The van der Waals surface area contributed by atoms with E-state index in [-0.39, 0.29) is 18.8 Å². The molecule has 0 rings (SSSR count). The molecule has 204 valence electrons. The molecule has 0 aliphatic carbocycles. The maximum atomic E-state index is 12.4. The Kier molecular flexibility index (Phi) is 14.2. The number of urea groups is 1. The van der Waals surface area contributed by atoms with E-state index in [1.165, 1.54) is 6.92 Å². The third-order valence-corrected chi connectivity index (χ3v) is 10.0. The summed E-state index contributed by atoms with van der Waals surface area (Å²) in [6, 6.07) is -0.0600. The molecule has 0 bridgehead atoms. The van der Waals surface area contributed by atoms with E-state index in [1.54, 1.807) is 6.55 Å². The van der Waals surface area contributed by atoms with Crippen molar-refractivity contribution >= 4 is 63.9 Å². The van der Waals surface area contributed by atoms with Crippen LogP contribution in [0, 0.1) is 5.41 Å². The summed E-state index contributed by atoms with van der Waals surface area (Å²) < 4.78 is 66.9. The highest BCUT2D eigenvalue weighted by Gasteiger charge is 2.37. The summed E-state index contributed by atoms with van der Waals surface area (Å²) in [5.74, 6) is -2.03. The van der Waals surface area contributed by atoms with Crippen LogP contribution in [-0.4, -0.2) is 112 Å². The van der Waals surface area contributed by atoms with Crippen LogP contribution in [0.5, 0.6) is 0 Å². The maximum absolute atomic E-state index is 12.4. The standard InChI is InChI=1S/C17H32N2O12S3Si/c1-17(10-20,15(23)31-14(8-33(25,26)27)9-34(28,29)30)11-32-6-5-19-16(24)18-4-3-7-35(2,12-21)13-22/h12-14,20H,3-11H2,1-2H3,(H2,18,19,24)(H,25,26,27)(H,28,29,30). The molecular formula is C17H32N2O12S3Si. The number of amides is 2. The molecule has 0 heterocycles. The molecule has 2 amide bonds. The van der Waals surface area contributed by atoms with E-state index in [9.17, 15) is 41.1 Å². The zero-order valence-electron chi connectivity index (χ0n) is 19.3. The Balaban J connectivity index is 4.57. The van der Waals surface area contributed by atoms with E-state index in [4.69, 9.17) is 13.8 Å². The van der Waals surface area contributed by atoms with E-state index in [2.05, 4.69) is 10.6 Å². The number of hydrogen-bond donors (Lipinski definition) is 5. The lowest BCUT2D eigenvalue weighted by Crippen LogP contribution is -2.42. The Bertz CT molecular complexity index is 902. The van der Waals surface area contributed by atoms with Gasteiger partial charge in [-0.25, -0.2) is 4.79 Å². The summed E-state index contributed by atoms with van der Waals surface area (Å²) in [7, 11) is -12.0. The van der Waals surface area contributed by atoms with Crippen LogP contribution in [0.25, 0.3) is 0 Å². The number of aliphatic hydroxyl groups is 1. The number of rotatable bonds is 18. The largest absolute Gasteiger partial charge is 0.460 e. The Morgan fingerprint density at radius 1 is 1.06 bits per heavy atom. The first-order valence-corrected chi connectivity index (χ1v) is 17.5. The lowest BCUT2D eigenvalue weighted by Gasteiger charge is -2.27. The number of nitrogens with one attached hydrogen (secondary N) is 2. The first-order valence-electron chi connectivity index (χ1n) is 10.2. The monoisotopic (exact) mass is 580 g/mol. The van der Waals surface area contributed by atoms with Crippen molar-refractivity contribution in [2.24, 2.45) is 5.41 Å². The topological polar surface area (TPSA) is 231 Å². The first kappa shape index (κ1) is 33.4. The zero-order valence-corrected chi connectivity index (χ0v) is 22.8. The highest BCUT2D eigenvalue weighted by atomic mass is 32.2. The fourth-order valence-electron chi connectivity index (χ4n) is 2.46. The van der Waals surface area contributed by atoms with Crippen LogP contribution in [0.3, 0.4) is 0 Å². The molecule has 14 nitrogen and oxygen atoms in total. The van der Waals surface area contributed by atoms with Crippen LogP contribution in [0.15, 0.2) is 0 Å². The predicted octanol–water partition coefficient (Wildman–Crippen LogP) is -1.28. The van der Waals surface area contributed by atoms with Gasteiger partial charge < -0.3 is 30.1 Å². The van der Waals surface area contributed by atoms with Crippen molar-refractivity contribution < 1.29 is 55.0 Å². The highest BCUT2D eigenvalue weighted by molar-refractivity contribution is 7.99. The summed E-state index contributed by atoms with van der Waals surface area (Å²) in [5, 5.41) is 14.8. The maximum Gasteiger partial charge on any atom is 0.315 e. The summed E-state index contributed by atoms with van der Waals surface area (Å²) in [5.41, 5.74) is -1.57. The SMILES string of the molecule is CC(CO)(CSCCNC(=O)NCCC[Si](C)(C=O)C=O)C(=O)OC(CS(=O)(=O)O)CS(=O)(=O)O. The van der Waals surface area contributed by atoms with Gasteiger partial charge in [0.15, 0.2) is 8.07 Å². The summed E-state index contributed by atoms with van der Waals surface area (Å²) >= 11 is 1.14. The normalized spacial score (nSPS) is 14.1. The molecule has 0 aliphatic heterocycles. The molecule has 5 N–H and O–H groups in total. The molecule has 0 aliphatic rings. The molecule has 0 spiro atoms. The van der Waals surface area contributed by atoms with Crippen LogP contribution in [-0.2, 0) is 39.4 Å². The number of esters is 1. The van der Waals surface area contributed by atoms with Crippen molar-refractivity contribution in [1.82, 2.24) is 10.6 Å². The van der Waals surface area contributed by atoms with E-state index >= 15 is 0 Å². The Morgan fingerprint density at radius 3 is 2.03 bits per heavy atom. The number of hydrogen-bond acceptors (Lipinski definition) is 11. The van der Waals surface area contributed by atoms with Crippen molar-refractivity contribution in [2.45, 2.75) is 32.0 Å². The third kappa shape index (κ3) is 15.2. The molecule has 0 fully saturated rings. The third-order valence-electron chi connectivity index (χ3n) is 4.58. The lowest BCUT2D eigenvalue weighted by atomic mass is 9.95. The molecule has 0 saturated carbocycles. The molecular weight excluding hydrogens is 548 g/mol. The molecule has 0 radical (unpaired) electrons. The number of carbonyl (C=O) groups is 4. The van der Waals surface area contributed by atoms with Gasteiger partial charge in [0, 0.05) is 24.6 Å². The first-order chi connectivity index (χ1) is 16.0. The highest BCUT2D eigenvalue weighted by Crippen LogP contribution is 2.25. The minimum Gasteiger partial charge on any atom is -0.460 e. The van der Waals surface area contributed by atoms with E-state index in [0.29, 0.717) is 30.0 Å². The van der Waals surface area contributed by atoms with Crippen molar-refractivity contribution in [3.8, 4) is 0 Å². The predicted molar refractivity (Wildman–Crippen MR) is 131 cm³/mol. The van der Waals surface area contributed by atoms with Gasteiger partial charge in [0.1, 0.15) is 29.4 Å². The lowest BCUT2D eigenvalue weighted by molar-refractivity contribution is -0.159. The van der Waals surface area contributed by atoms with Crippen molar-refractivity contribution in [3.05, 3.63) is 0 Å².